The van der Waals surface area contributed by atoms with Gasteiger partial charge in [0.15, 0.2) is 0 Å². The van der Waals surface area contributed by atoms with Gasteiger partial charge >= 0.3 is 0 Å². The van der Waals surface area contributed by atoms with E-state index < -0.39 is 0 Å². The Balaban J connectivity index is 1.51. The van der Waals surface area contributed by atoms with E-state index in [-0.39, 0.29) is 0 Å². The Hall–Kier alpha value is -0.230. The van der Waals surface area contributed by atoms with Crippen LogP contribution in [0.2, 0.25) is 0 Å². The third-order valence-corrected chi connectivity index (χ3v) is 6.75. The van der Waals surface area contributed by atoms with Gasteiger partial charge in [0.25, 0.3) is 0 Å². The highest BCUT2D eigenvalue weighted by Crippen LogP contribution is 2.21. The Morgan fingerprint density at radius 3 is 2.71 bits per heavy atom. The molecule has 0 bridgehead atoms. The maximum atomic E-state index is 4.23. The summed E-state index contributed by atoms with van der Waals surface area (Å²) in [6.07, 6.45) is 5.16. The maximum absolute atomic E-state index is 4.23. The number of hydrogen-bond donors (Lipinski definition) is 0. The molecule has 3 rings (SSSR count). The average molecular weight is 324 g/mol. The fourth-order valence-electron chi connectivity index (χ4n) is 3.08. The van der Waals surface area contributed by atoms with E-state index >= 15 is 0 Å². The molecule has 0 radical (unpaired) electrons. The Bertz CT molecular complexity index is 407. The van der Waals surface area contributed by atoms with Crippen molar-refractivity contribution in [1.29, 1.82) is 0 Å². The Kier molecular flexibility index (Phi) is 6.27. The Morgan fingerprint density at radius 1 is 1.10 bits per heavy atom. The molecule has 0 unspecified atom stereocenters. The van der Waals surface area contributed by atoms with Crippen LogP contribution >= 0.6 is 23.5 Å². The van der Waals surface area contributed by atoms with Crippen LogP contribution in [0.4, 0.5) is 0 Å². The first-order valence-electron chi connectivity index (χ1n) is 7.92. The lowest BCUT2D eigenvalue weighted by Crippen LogP contribution is -2.41. The highest BCUT2D eigenvalue weighted by Gasteiger charge is 2.23. The van der Waals surface area contributed by atoms with Crippen molar-refractivity contribution in [3.63, 3.8) is 0 Å². The number of pyridine rings is 1. The van der Waals surface area contributed by atoms with Crippen molar-refractivity contribution in [2.24, 2.45) is 0 Å². The van der Waals surface area contributed by atoms with Crippen molar-refractivity contribution in [2.75, 3.05) is 49.2 Å². The lowest BCUT2D eigenvalue weighted by Gasteiger charge is -2.29. The number of aromatic nitrogens is 1. The molecule has 0 atom stereocenters. The quantitative estimate of drug-likeness (QED) is 0.848. The van der Waals surface area contributed by atoms with Crippen LogP contribution in [0.25, 0.3) is 0 Å². The summed E-state index contributed by atoms with van der Waals surface area (Å²) in [7, 11) is 0. The molecule has 0 spiro atoms. The van der Waals surface area contributed by atoms with Gasteiger partial charge in [0, 0.05) is 61.1 Å². The van der Waals surface area contributed by atoms with Crippen molar-refractivity contribution in [2.45, 2.75) is 19.0 Å². The van der Waals surface area contributed by atoms with Gasteiger partial charge in [0.05, 0.1) is 0 Å². The molecule has 2 aliphatic rings. The fraction of sp³-hybridized carbons (Fsp3) is 0.688. The minimum atomic E-state index is 0.792. The van der Waals surface area contributed by atoms with Gasteiger partial charge < -0.3 is 0 Å². The lowest BCUT2D eigenvalue weighted by molar-refractivity contribution is 0.223. The maximum Gasteiger partial charge on any atom is 0.0312 e. The molecule has 3 heterocycles. The van der Waals surface area contributed by atoms with Gasteiger partial charge in [-0.2, -0.15) is 23.5 Å². The summed E-state index contributed by atoms with van der Waals surface area (Å²) in [5.41, 5.74) is 1.34. The van der Waals surface area contributed by atoms with Crippen molar-refractivity contribution in [1.82, 2.24) is 14.8 Å². The monoisotopic (exact) mass is 323 g/mol. The number of rotatable bonds is 3. The molecular weight excluding hydrogens is 298 g/mol. The van der Waals surface area contributed by atoms with Crippen molar-refractivity contribution in [3.8, 4) is 0 Å². The Labute approximate surface area is 136 Å². The van der Waals surface area contributed by atoms with Crippen LogP contribution in [-0.2, 0) is 6.54 Å². The van der Waals surface area contributed by atoms with E-state index in [1.54, 1.807) is 0 Å². The molecule has 3 nitrogen and oxygen atoms in total. The average Bonchev–Trinajstić information content (AvgIpc) is 2.91. The zero-order chi connectivity index (χ0) is 14.3. The third-order valence-electron chi connectivity index (χ3n) is 4.26. The van der Waals surface area contributed by atoms with Gasteiger partial charge in [-0.15, -0.1) is 0 Å². The summed E-state index contributed by atoms with van der Waals surface area (Å²) < 4.78 is 0. The van der Waals surface area contributed by atoms with Crippen LogP contribution in [-0.4, -0.2) is 70.0 Å². The Morgan fingerprint density at radius 2 is 1.95 bits per heavy atom. The van der Waals surface area contributed by atoms with Gasteiger partial charge in [-0.3, -0.25) is 14.8 Å². The summed E-state index contributed by atoms with van der Waals surface area (Å²) in [6, 6.07) is 5.02. The summed E-state index contributed by atoms with van der Waals surface area (Å²) in [5.74, 6) is 5.33. The van der Waals surface area contributed by atoms with Gasteiger partial charge in [0.1, 0.15) is 0 Å². The zero-order valence-electron chi connectivity index (χ0n) is 12.6. The van der Waals surface area contributed by atoms with E-state index in [0.717, 1.165) is 12.6 Å². The molecule has 0 aromatic carbocycles. The van der Waals surface area contributed by atoms with Crippen LogP contribution in [0, 0.1) is 0 Å². The van der Waals surface area contributed by atoms with Crippen LogP contribution in [0.1, 0.15) is 12.0 Å². The second kappa shape index (κ2) is 8.42. The summed E-state index contributed by atoms with van der Waals surface area (Å²) >= 11 is 4.29. The van der Waals surface area contributed by atoms with E-state index in [1.165, 1.54) is 61.2 Å². The van der Waals surface area contributed by atoms with Crippen LogP contribution < -0.4 is 0 Å². The molecule has 5 heteroatoms. The molecule has 0 N–H and O–H groups in total. The normalized spacial score (nSPS) is 23.6. The minimum Gasteiger partial charge on any atom is -0.298 e. The molecule has 1 aromatic heterocycles. The minimum absolute atomic E-state index is 0.792. The van der Waals surface area contributed by atoms with Gasteiger partial charge in [-0.05, 0) is 31.1 Å². The summed E-state index contributed by atoms with van der Waals surface area (Å²) in [4.78, 5) is 9.57. The van der Waals surface area contributed by atoms with Crippen molar-refractivity contribution < 1.29 is 0 Å². The molecule has 116 valence electrons. The molecule has 2 aliphatic heterocycles. The molecule has 2 saturated heterocycles. The molecule has 0 aliphatic carbocycles. The van der Waals surface area contributed by atoms with Crippen LogP contribution in [0.15, 0.2) is 24.5 Å². The van der Waals surface area contributed by atoms with E-state index in [9.17, 15) is 0 Å². The van der Waals surface area contributed by atoms with Gasteiger partial charge in [0.2, 0.25) is 0 Å². The lowest BCUT2D eigenvalue weighted by atomic mass is 10.2. The highest BCUT2D eigenvalue weighted by atomic mass is 32.2. The predicted molar refractivity (Wildman–Crippen MR) is 94.1 cm³/mol. The first-order valence-corrected chi connectivity index (χ1v) is 10.2. The fourth-order valence-corrected chi connectivity index (χ4v) is 5.71. The standard InChI is InChI=1S/C16H25N3S2/c1-3-15(11-17-4-1)12-18-5-2-6-19(8-7-18)16-13-20-9-10-21-14-16/h1,3-4,11,16H,2,5-10,12-14H2. The molecule has 21 heavy (non-hydrogen) atoms. The van der Waals surface area contributed by atoms with Crippen LogP contribution in [0.5, 0.6) is 0 Å². The second-order valence-electron chi connectivity index (χ2n) is 5.83. The first kappa shape index (κ1) is 15.7. The smallest absolute Gasteiger partial charge is 0.0312 e. The second-order valence-corrected chi connectivity index (χ2v) is 8.13. The topological polar surface area (TPSA) is 19.4 Å². The first-order chi connectivity index (χ1) is 10.4. The number of thioether (sulfide) groups is 2. The van der Waals surface area contributed by atoms with Crippen LogP contribution in [0.3, 0.4) is 0 Å². The van der Waals surface area contributed by atoms with Crippen molar-refractivity contribution in [3.05, 3.63) is 30.1 Å². The number of hydrogen-bond acceptors (Lipinski definition) is 5. The van der Waals surface area contributed by atoms with E-state index in [0.29, 0.717) is 0 Å². The molecular formula is C16H25N3S2. The SMILES string of the molecule is c1cncc(CN2CCCN(C3CSCCSC3)CC2)c1. The van der Waals surface area contributed by atoms with Gasteiger partial charge in [-0.25, -0.2) is 0 Å². The van der Waals surface area contributed by atoms with Gasteiger partial charge in [-0.1, -0.05) is 6.07 Å². The van der Waals surface area contributed by atoms with E-state index in [2.05, 4.69) is 44.4 Å². The largest absolute Gasteiger partial charge is 0.298 e. The molecule has 1 aromatic rings. The highest BCUT2D eigenvalue weighted by molar-refractivity contribution is 8.03. The zero-order valence-corrected chi connectivity index (χ0v) is 14.2. The molecule has 0 saturated carbocycles. The van der Waals surface area contributed by atoms with E-state index in [1.807, 2.05) is 18.5 Å². The van der Waals surface area contributed by atoms with Crippen molar-refractivity contribution >= 4 is 23.5 Å². The van der Waals surface area contributed by atoms with E-state index in [4.69, 9.17) is 0 Å². The number of nitrogens with zero attached hydrogens (tertiary/aromatic N) is 3. The third kappa shape index (κ3) is 4.88. The molecule has 2 fully saturated rings. The summed E-state index contributed by atoms with van der Waals surface area (Å²) in [5, 5.41) is 0. The molecule has 0 amide bonds. The predicted octanol–water partition coefficient (Wildman–Crippen LogP) is 2.44. The summed E-state index contributed by atoms with van der Waals surface area (Å²) in [6.45, 7) is 5.97.